The first kappa shape index (κ1) is 16.9. The fourth-order valence-electron chi connectivity index (χ4n) is 3.26. The van der Waals surface area contributed by atoms with E-state index in [9.17, 15) is 9.18 Å². The van der Waals surface area contributed by atoms with Crippen molar-refractivity contribution in [2.45, 2.75) is 31.7 Å². The van der Waals surface area contributed by atoms with Crippen LogP contribution in [-0.2, 0) is 6.42 Å². The molecule has 3 aromatic rings. The summed E-state index contributed by atoms with van der Waals surface area (Å²) >= 11 is 1.35. The van der Waals surface area contributed by atoms with Crippen LogP contribution < -0.4 is 0 Å². The number of nitrogens with zero attached hydrogens (tertiary/aromatic N) is 3. The molecule has 1 aliphatic heterocycles. The third kappa shape index (κ3) is 3.53. The van der Waals surface area contributed by atoms with Crippen molar-refractivity contribution in [1.82, 2.24) is 14.9 Å². The topological polar surface area (TPSA) is 59.2 Å². The van der Waals surface area contributed by atoms with E-state index < -0.39 is 0 Å². The monoisotopic (exact) mass is 371 g/mol. The zero-order valence-corrected chi connectivity index (χ0v) is 14.9. The first-order valence-corrected chi connectivity index (χ1v) is 9.47. The first-order valence-electron chi connectivity index (χ1n) is 8.59. The number of amides is 1. The SMILES string of the molecule is O=C(c1cncs1)N1CCCC[C@@H]1c1ncc(Cc2ccc(F)cc2)o1. The van der Waals surface area contributed by atoms with Gasteiger partial charge in [-0.25, -0.2) is 9.37 Å². The summed E-state index contributed by atoms with van der Waals surface area (Å²) in [4.78, 5) is 23.7. The molecule has 0 spiro atoms. The highest BCUT2D eigenvalue weighted by atomic mass is 32.1. The van der Waals surface area contributed by atoms with Crippen LogP contribution in [0.2, 0.25) is 0 Å². The van der Waals surface area contributed by atoms with Gasteiger partial charge in [0, 0.05) is 13.0 Å². The molecule has 7 heteroatoms. The van der Waals surface area contributed by atoms with Crippen molar-refractivity contribution in [1.29, 1.82) is 0 Å². The summed E-state index contributed by atoms with van der Waals surface area (Å²) in [5, 5.41) is 0. The van der Waals surface area contributed by atoms with E-state index >= 15 is 0 Å². The van der Waals surface area contributed by atoms with Crippen LogP contribution in [-0.4, -0.2) is 27.3 Å². The third-order valence-electron chi connectivity index (χ3n) is 4.55. The molecular formula is C19H18FN3O2S. The Morgan fingerprint density at radius 1 is 1.27 bits per heavy atom. The molecule has 1 saturated heterocycles. The zero-order valence-electron chi connectivity index (χ0n) is 14.1. The van der Waals surface area contributed by atoms with E-state index in [0.29, 0.717) is 29.5 Å². The number of aromatic nitrogens is 2. The number of likely N-dealkylation sites (tertiary alicyclic amines) is 1. The first-order chi connectivity index (χ1) is 12.7. The van der Waals surface area contributed by atoms with Gasteiger partial charge in [0.05, 0.1) is 17.9 Å². The van der Waals surface area contributed by atoms with Crippen molar-refractivity contribution in [3.8, 4) is 0 Å². The van der Waals surface area contributed by atoms with E-state index in [1.165, 1.54) is 23.5 Å². The molecule has 1 fully saturated rings. The molecule has 0 N–H and O–H groups in total. The number of hydrogen-bond donors (Lipinski definition) is 0. The fourth-order valence-corrected chi connectivity index (χ4v) is 3.83. The van der Waals surface area contributed by atoms with Crippen LogP contribution in [0.5, 0.6) is 0 Å². The van der Waals surface area contributed by atoms with Gasteiger partial charge in [-0.15, -0.1) is 11.3 Å². The number of hydrogen-bond acceptors (Lipinski definition) is 5. The number of oxazole rings is 1. The summed E-state index contributed by atoms with van der Waals surface area (Å²) in [6, 6.07) is 6.18. The van der Waals surface area contributed by atoms with Gasteiger partial charge in [0.15, 0.2) is 0 Å². The quantitative estimate of drug-likeness (QED) is 0.689. The van der Waals surface area contributed by atoms with Gasteiger partial charge in [0.2, 0.25) is 5.89 Å². The average Bonchev–Trinajstić information content (AvgIpc) is 3.35. The van der Waals surface area contributed by atoms with E-state index in [1.54, 1.807) is 30.0 Å². The number of piperidine rings is 1. The summed E-state index contributed by atoms with van der Waals surface area (Å²) in [6.07, 6.45) is 6.69. The van der Waals surface area contributed by atoms with Crippen molar-refractivity contribution in [3.05, 3.63) is 70.1 Å². The van der Waals surface area contributed by atoms with E-state index in [-0.39, 0.29) is 17.8 Å². The van der Waals surface area contributed by atoms with Crippen molar-refractivity contribution in [3.63, 3.8) is 0 Å². The molecule has 1 aliphatic rings. The second-order valence-electron chi connectivity index (χ2n) is 6.34. The second-order valence-corrected chi connectivity index (χ2v) is 7.23. The van der Waals surface area contributed by atoms with Crippen LogP contribution in [0.25, 0.3) is 0 Å². The fraction of sp³-hybridized carbons (Fsp3) is 0.316. The Bertz CT molecular complexity index is 877. The summed E-state index contributed by atoms with van der Waals surface area (Å²) < 4.78 is 19.0. The molecule has 0 radical (unpaired) electrons. The van der Waals surface area contributed by atoms with Crippen LogP contribution in [0.4, 0.5) is 4.39 Å². The Morgan fingerprint density at radius 3 is 2.88 bits per heavy atom. The molecule has 1 atom stereocenters. The summed E-state index contributed by atoms with van der Waals surface area (Å²) in [6.45, 7) is 0.692. The zero-order chi connectivity index (χ0) is 17.9. The highest BCUT2D eigenvalue weighted by Crippen LogP contribution is 2.32. The lowest BCUT2D eigenvalue weighted by Crippen LogP contribution is -2.38. The van der Waals surface area contributed by atoms with E-state index in [2.05, 4.69) is 9.97 Å². The van der Waals surface area contributed by atoms with Gasteiger partial charge in [-0.2, -0.15) is 0 Å². The van der Waals surface area contributed by atoms with Crippen molar-refractivity contribution >= 4 is 17.2 Å². The minimum Gasteiger partial charge on any atom is -0.443 e. The van der Waals surface area contributed by atoms with Gasteiger partial charge >= 0.3 is 0 Å². The largest absolute Gasteiger partial charge is 0.443 e. The van der Waals surface area contributed by atoms with Crippen LogP contribution in [0.3, 0.4) is 0 Å². The number of halogens is 1. The van der Waals surface area contributed by atoms with Crippen molar-refractivity contribution in [2.75, 3.05) is 6.54 Å². The predicted octanol–water partition coefficient (Wildman–Crippen LogP) is 4.23. The van der Waals surface area contributed by atoms with Gasteiger partial charge < -0.3 is 9.32 Å². The lowest BCUT2D eigenvalue weighted by molar-refractivity contribution is 0.0575. The Hall–Kier alpha value is -2.54. The molecule has 1 aromatic carbocycles. The maximum atomic E-state index is 13.0. The molecule has 0 unspecified atom stereocenters. The van der Waals surface area contributed by atoms with E-state index in [0.717, 1.165) is 24.8 Å². The molecule has 0 bridgehead atoms. The van der Waals surface area contributed by atoms with E-state index in [1.807, 2.05) is 4.90 Å². The number of thiazole rings is 1. The molecule has 3 heterocycles. The molecule has 1 amide bonds. The number of benzene rings is 1. The lowest BCUT2D eigenvalue weighted by Gasteiger charge is -2.33. The minimum absolute atomic E-state index is 0.0181. The molecule has 0 saturated carbocycles. The smallest absolute Gasteiger partial charge is 0.266 e. The Morgan fingerprint density at radius 2 is 2.12 bits per heavy atom. The standard InChI is InChI=1S/C19H18FN3O2S/c20-14-6-4-13(5-7-14)9-15-10-22-18(25-15)16-3-1-2-8-23(16)19(24)17-11-21-12-26-17/h4-7,10-12,16H,1-3,8-9H2/t16-/m1/s1. The molecule has 26 heavy (non-hydrogen) atoms. The van der Waals surface area contributed by atoms with Gasteiger partial charge in [-0.05, 0) is 37.0 Å². The van der Waals surface area contributed by atoms with Crippen molar-refractivity contribution in [2.24, 2.45) is 0 Å². The number of carbonyl (C=O) groups is 1. The third-order valence-corrected chi connectivity index (χ3v) is 5.32. The number of rotatable bonds is 4. The molecular weight excluding hydrogens is 353 g/mol. The van der Waals surface area contributed by atoms with Gasteiger partial charge in [-0.1, -0.05) is 12.1 Å². The number of carbonyl (C=O) groups excluding carboxylic acids is 1. The Balaban J connectivity index is 1.52. The predicted molar refractivity (Wildman–Crippen MR) is 95.5 cm³/mol. The Labute approximate surface area is 154 Å². The average molecular weight is 371 g/mol. The van der Waals surface area contributed by atoms with Gasteiger partial charge in [0.1, 0.15) is 22.5 Å². The van der Waals surface area contributed by atoms with Crippen LogP contribution in [0.15, 0.2) is 46.6 Å². The van der Waals surface area contributed by atoms with Crippen LogP contribution >= 0.6 is 11.3 Å². The minimum atomic E-state index is -0.258. The summed E-state index contributed by atoms with van der Waals surface area (Å²) in [5.74, 6) is 1.00. The molecule has 134 valence electrons. The summed E-state index contributed by atoms with van der Waals surface area (Å²) in [7, 11) is 0. The highest BCUT2D eigenvalue weighted by Gasteiger charge is 2.32. The van der Waals surface area contributed by atoms with Crippen LogP contribution in [0, 0.1) is 5.82 Å². The van der Waals surface area contributed by atoms with E-state index in [4.69, 9.17) is 4.42 Å². The molecule has 5 nitrogen and oxygen atoms in total. The molecule has 2 aromatic heterocycles. The summed E-state index contributed by atoms with van der Waals surface area (Å²) in [5.41, 5.74) is 2.62. The lowest BCUT2D eigenvalue weighted by atomic mass is 10.0. The van der Waals surface area contributed by atoms with Crippen LogP contribution in [0.1, 0.15) is 52.2 Å². The van der Waals surface area contributed by atoms with Gasteiger partial charge in [-0.3, -0.25) is 9.78 Å². The Kier molecular flexibility index (Phi) is 4.79. The highest BCUT2D eigenvalue weighted by molar-refractivity contribution is 7.11. The molecule has 0 aliphatic carbocycles. The maximum absolute atomic E-state index is 13.0. The maximum Gasteiger partial charge on any atom is 0.266 e. The molecule has 4 rings (SSSR count). The normalized spacial score (nSPS) is 17.4. The second kappa shape index (κ2) is 7.37. The van der Waals surface area contributed by atoms with Crippen molar-refractivity contribution < 1.29 is 13.6 Å². The van der Waals surface area contributed by atoms with Gasteiger partial charge in [0.25, 0.3) is 5.91 Å².